The summed E-state index contributed by atoms with van der Waals surface area (Å²) < 4.78 is 42.5. The molecule has 4 nitrogen and oxygen atoms in total. The number of hydrogen-bond donors (Lipinski definition) is 0. The number of pyridine rings is 1. The maximum absolute atomic E-state index is 12.9. The van der Waals surface area contributed by atoms with E-state index in [4.69, 9.17) is 5.26 Å². The Hall–Kier alpha value is -2.10. The van der Waals surface area contributed by atoms with E-state index in [1.54, 1.807) is 0 Å². The molecule has 1 rings (SSSR count). The van der Waals surface area contributed by atoms with Crippen LogP contribution in [0.4, 0.5) is 13.2 Å². The molecule has 0 radical (unpaired) electrons. The Kier molecular flexibility index (Phi) is 4.04. The SMILES string of the molecule is CCOC(=O)c1cc(F)nc(C(F)F)c1C#N. The molecule has 0 aliphatic rings. The minimum Gasteiger partial charge on any atom is -0.462 e. The molecule has 1 heterocycles. The fourth-order valence-electron chi connectivity index (χ4n) is 1.18. The molecule has 17 heavy (non-hydrogen) atoms. The first-order chi connectivity index (χ1) is 8.01. The van der Waals surface area contributed by atoms with Crippen molar-refractivity contribution in [2.24, 2.45) is 0 Å². The maximum atomic E-state index is 12.9. The van der Waals surface area contributed by atoms with Gasteiger partial charge in [0.1, 0.15) is 11.8 Å². The minimum absolute atomic E-state index is 0.0162. The standard InChI is InChI=1S/C10H7F3N2O2/c1-2-17-10(16)5-3-7(11)15-8(9(12)13)6(5)4-14/h3,9H,2H2,1H3. The van der Waals surface area contributed by atoms with Gasteiger partial charge in [0.15, 0.2) is 0 Å². The van der Waals surface area contributed by atoms with Gasteiger partial charge < -0.3 is 4.74 Å². The van der Waals surface area contributed by atoms with E-state index in [-0.39, 0.29) is 6.61 Å². The number of hydrogen-bond acceptors (Lipinski definition) is 4. The Morgan fingerprint density at radius 3 is 2.76 bits per heavy atom. The first-order valence-electron chi connectivity index (χ1n) is 4.57. The summed E-state index contributed by atoms with van der Waals surface area (Å²) in [5.41, 5.74) is -2.27. The molecular formula is C10H7F3N2O2. The zero-order chi connectivity index (χ0) is 13.0. The summed E-state index contributed by atoms with van der Waals surface area (Å²) >= 11 is 0. The summed E-state index contributed by atoms with van der Waals surface area (Å²) in [4.78, 5) is 14.2. The highest BCUT2D eigenvalue weighted by molar-refractivity contribution is 5.92. The third-order valence-corrected chi connectivity index (χ3v) is 1.83. The number of aromatic nitrogens is 1. The number of nitriles is 1. The summed E-state index contributed by atoms with van der Waals surface area (Å²) in [6.45, 7) is 1.48. The number of esters is 1. The van der Waals surface area contributed by atoms with E-state index < -0.39 is 35.2 Å². The number of rotatable bonds is 3. The van der Waals surface area contributed by atoms with Crippen molar-refractivity contribution in [1.29, 1.82) is 5.26 Å². The van der Waals surface area contributed by atoms with Crippen LogP contribution >= 0.6 is 0 Å². The second-order valence-corrected chi connectivity index (χ2v) is 2.89. The zero-order valence-electron chi connectivity index (χ0n) is 8.71. The zero-order valence-corrected chi connectivity index (χ0v) is 8.71. The van der Waals surface area contributed by atoms with Crippen molar-refractivity contribution in [3.8, 4) is 6.07 Å². The largest absolute Gasteiger partial charge is 0.462 e. The van der Waals surface area contributed by atoms with E-state index in [1.165, 1.54) is 13.0 Å². The molecule has 0 amide bonds. The number of halogens is 3. The van der Waals surface area contributed by atoms with Gasteiger partial charge in [-0.05, 0) is 6.92 Å². The predicted molar refractivity (Wildman–Crippen MR) is 49.8 cm³/mol. The molecule has 7 heteroatoms. The summed E-state index contributed by atoms with van der Waals surface area (Å²) in [5.74, 6) is -2.30. The topological polar surface area (TPSA) is 63.0 Å². The molecule has 1 aromatic heterocycles. The third kappa shape index (κ3) is 2.72. The highest BCUT2D eigenvalue weighted by atomic mass is 19.3. The second-order valence-electron chi connectivity index (χ2n) is 2.89. The first-order valence-corrected chi connectivity index (χ1v) is 4.57. The van der Waals surface area contributed by atoms with Gasteiger partial charge in [-0.1, -0.05) is 0 Å². The van der Waals surface area contributed by atoms with E-state index in [2.05, 4.69) is 9.72 Å². The highest BCUT2D eigenvalue weighted by Crippen LogP contribution is 2.24. The van der Waals surface area contributed by atoms with Crippen LogP contribution in [0.1, 0.15) is 35.0 Å². The van der Waals surface area contributed by atoms with Crippen LogP contribution in [0.3, 0.4) is 0 Å². The van der Waals surface area contributed by atoms with Crippen molar-refractivity contribution in [3.63, 3.8) is 0 Å². The van der Waals surface area contributed by atoms with Crippen molar-refractivity contribution >= 4 is 5.97 Å². The van der Waals surface area contributed by atoms with Crippen LogP contribution in [0.15, 0.2) is 6.07 Å². The summed E-state index contributed by atoms with van der Waals surface area (Å²) in [6, 6.07) is 2.00. The lowest BCUT2D eigenvalue weighted by Crippen LogP contribution is -2.11. The summed E-state index contributed by atoms with van der Waals surface area (Å²) in [7, 11) is 0. The van der Waals surface area contributed by atoms with Crippen LogP contribution in [0.2, 0.25) is 0 Å². The van der Waals surface area contributed by atoms with Crippen LogP contribution < -0.4 is 0 Å². The average Bonchev–Trinajstić information content (AvgIpc) is 2.28. The molecule has 0 aliphatic heterocycles. The lowest BCUT2D eigenvalue weighted by Gasteiger charge is -2.07. The third-order valence-electron chi connectivity index (χ3n) is 1.83. The molecular weight excluding hydrogens is 237 g/mol. The molecule has 0 fully saturated rings. The lowest BCUT2D eigenvalue weighted by atomic mass is 10.1. The predicted octanol–water partition coefficient (Wildman–Crippen LogP) is 2.21. The molecule has 0 atom stereocenters. The van der Waals surface area contributed by atoms with E-state index in [9.17, 15) is 18.0 Å². The van der Waals surface area contributed by atoms with E-state index in [0.717, 1.165) is 0 Å². The van der Waals surface area contributed by atoms with E-state index in [1.807, 2.05) is 0 Å². The van der Waals surface area contributed by atoms with Crippen molar-refractivity contribution in [2.45, 2.75) is 13.3 Å². The summed E-state index contributed by atoms with van der Waals surface area (Å²) in [5, 5.41) is 8.70. The molecule has 0 aromatic carbocycles. The minimum atomic E-state index is -3.14. The quantitative estimate of drug-likeness (QED) is 0.604. The molecule has 0 unspecified atom stereocenters. The molecule has 0 saturated carbocycles. The monoisotopic (exact) mass is 244 g/mol. The molecule has 0 spiro atoms. The Morgan fingerprint density at radius 1 is 1.65 bits per heavy atom. The average molecular weight is 244 g/mol. The Morgan fingerprint density at radius 2 is 2.29 bits per heavy atom. The first kappa shape index (κ1) is 13.0. The molecule has 1 aromatic rings. The van der Waals surface area contributed by atoms with Gasteiger partial charge >= 0.3 is 5.97 Å². The van der Waals surface area contributed by atoms with Crippen molar-refractivity contribution in [2.75, 3.05) is 6.61 Å². The van der Waals surface area contributed by atoms with Gasteiger partial charge in [0.2, 0.25) is 5.95 Å². The van der Waals surface area contributed by atoms with Gasteiger partial charge in [0, 0.05) is 6.07 Å². The van der Waals surface area contributed by atoms with Crippen LogP contribution in [0, 0.1) is 17.3 Å². The van der Waals surface area contributed by atoms with Gasteiger partial charge in [-0.15, -0.1) is 0 Å². The van der Waals surface area contributed by atoms with Crippen molar-refractivity contribution < 1.29 is 22.7 Å². The number of carbonyl (C=O) groups excluding carboxylic acids is 1. The molecule has 0 N–H and O–H groups in total. The van der Waals surface area contributed by atoms with Crippen LogP contribution in [0.5, 0.6) is 0 Å². The van der Waals surface area contributed by atoms with Crippen LogP contribution in [-0.2, 0) is 4.74 Å². The second kappa shape index (κ2) is 5.30. The van der Waals surface area contributed by atoms with Crippen LogP contribution in [-0.4, -0.2) is 17.6 Å². The smallest absolute Gasteiger partial charge is 0.339 e. The highest BCUT2D eigenvalue weighted by Gasteiger charge is 2.24. The Balaban J connectivity index is 3.39. The Labute approximate surface area is 94.6 Å². The Bertz CT molecular complexity index is 483. The lowest BCUT2D eigenvalue weighted by molar-refractivity contribution is 0.0524. The van der Waals surface area contributed by atoms with Gasteiger partial charge in [0.05, 0.1) is 17.7 Å². The van der Waals surface area contributed by atoms with Crippen molar-refractivity contribution in [3.05, 3.63) is 28.8 Å². The fraction of sp³-hybridized carbons (Fsp3) is 0.300. The maximum Gasteiger partial charge on any atom is 0.339 e. The molecule has 0 aliphatic carbocycles. The van der Waals surface area contributed by atoms with Gasteiger partial charge in [0.25, 0.3) is 6.43 Å². The summed E-state index contributed by atoms with van der Waals surface area (Å²) in [6.07, 6.45) is -3.14. The normalized spacial score (nSPS) is 10.1. The fourth-order valence-corrected chi connectivity index (χ4v) is 1.18. The van der Waals surface area contributed by atoms with E-state index >= 15 is 0 Å². The molecule has 0 bridgehead atoms. The number of alkyl halides is 2. The number of ether oxygens (including phenoxy) is 1. The number of nitrogens with zero attached hydrogens (tertiary/aromatic N) is 2. The van der Waals surface area contributed by atoms with E-state index in [0.29, 0.717) is 6.07 Å². The van der Waals surface area contributed by atoms with Gasteiger partial charge in [-0.2, -0.15) is 9.65 Å². The number of carbonyl (C=O) groups is 1. The molecule has 90 valence electrons. The molecule has 0 saturated heterocycles. The van der Waals surface area contributed by atoms with Gasteiger partial charge in [-0.3, -0.25) is 0 Å². The van der Waals surface area contributed by atoms with Gasteiger partial charge in [-0.25, -0.2) is 18.6 Å². The van der Waals surface area contributed by atoms with Crippen molar-refractivity contribution in [1.82, 2.24) is 4.98 Å². The van der Waals surface area contributed by atoms with Crippen LogP contribution in [0.25, 0.3) is 0 Å².